The fourth-order valence-electron chi connectivity index (χ4n) is 2.38. The number of aromatic amines is 1. The fraction of sp³-hybridized carbons (Fsp3) is 0.357. The van der Waals surface area contributed by atoms with Gasteiger partial charge in [-0.2, -0.15) is 5.10 Å². The lowest BCUT2D eigenvalue weighted by Gasteiger charge is -2.19. The van der Waals surface area contributed by atoms with E-state index < -0.39 is 0 Å². The summed E-state index contributed by atoms with van der Waals surface area (Å²) in [5.74, 6) is 1.60. The summed E-state index contributed by atoms with van der Waals surface area (Å²) in [7, 11) is 0. The van der Waals surface area contributed by atoms with Crippen molar-refractivity contribution < 1.29 is 9.47 Å². The Balaban J connectivity index is 2.04. The van der Waals surface area contributed by atoms with Crippen LogP contribution in [0.5, 0.6) is 11.5 Å². The van der Waals surface area contributed by atoms with Gasteiger partial charge in [-0.05, 0) is 31.2 Å². The number of aromatic nitrogens is 2. The highest BCUT2D eigenvalue weighted by molar-refractivity contribution is 5.71. The summed E-state index contributed by atoms with van der Waals surface area (Å²) < 4.78 is 11.2. The molecular formula is C14H17N3O2. The van der Waals surface area contributed by atoms with Gasteiger partial charge in [-0.3, -0.25) is 5.10 Å². The van der Waals surface area contributed by atoms with E-state index in [1.54, 1.807) is 0 Å². The summed E-state index contributed by atoms with van der Waals surface area (Å²) in [5, 5.41) is 7.34. The Bertz CT molecular complexity index is 592. The number of hydrogen-bond donors (Lipinski definition) is 2. The standard InChI is InChI=1S/C14H17N3O2/c1-9-14(11(4-5-15)17-16-9)10-2-3-12-13(8-10)19-7-6-18-12/h2-3,8H,4-7,15H2,1H3,(H,16,17). The van der Waals surface area contributed by atoms with Crippen molar-refractivity contribution in [3.8, 4) is 22.6 Å². The molecule has 1 aliphatic heterocycles. The summed E-state index contributed by atoms with van der Waals surface area (Å²) in [6, 6.07) is 5.99. The molecule has 0 unspecified atom stereocenters. The number of nitrogens with one attached hydrogen (secondary N) is 1. The number of H-pyrrole nitrogens is 1. The SMILES string of the molecule is Cc1[nH]nc(CCN)c1-c1ccc2c(c1)OCCO2. The van der Waals surface area contributed by atoms with Crippen LogP contribution in [0.2, 0.25) is 0 Å². The lowest BCUT2D eigenvalue weighted by Crippen LogP contribution is -2.15. The molecule has 0 spiro atoms. The van der Waals surface area contributed by atoms with Crippen LogP contribution in [0.15, 0.2) is 18.2 Å². The summed E-state index contributed by atoms with van der Waals surface area (Å²) in [4.78, 5) is 0. The second kappa shape index (κ2) is 4.93. The maximum absolute atomic E-state index is 5.63. The first-order valence-electron chi connectivity index (χ1n) is 6.43. The molecule has 0 radical (unpaired) electrons. The molecule has 3 N–H and O–H groups in total. The van der Waals surface area contributed by atoms with Crippen molar-refractivity contribution in [2.45, 2.75) is 13.3 Å². The van der Waals surface area contributed by atoms with Gasteiger partial charge in [0.1, 0.15) is 13.2 Å². The van der Waals surface area contributed by atoms with Gasteiger partial charge in [-0.1, -0.05) is 6.07 Å². The van der Waals surface area contributed by atoms with Gasteiger partial charge < -0.3 is 15.2 Å². The van der Waals surface area contributed by atoms with Crippen LogP contribution in [0.25, 0.3) is 11.1 Å². The van der Waals surface area contributed by atoms with Gasteiger partial charge in [0, 0.05) is 17.7 Å². The Morgan fingerprint density at radius 3 is 2.84 bits per heavy atom. The number of ether oxygens (including phenoxy) is 2. The minimum atomic E-state index is 0.585. The molecule has 5 nitrogen and oxygen atoms in total. The molecule has 0 saturated carbocycles. The van der Waals surface area contributed by atoms with E-state index in [2.05, 4.69) is 10.2 Å². The van der Waals surface area contributed by atoms with Gasteiger partial charge in [0.15, 0.2) is 11.5 Å². The van der Waals surface area contributed by atoms with Crippen LogP contribution in [0.4, 0.5) is 0 Å². The van der Waals surface area contributed by atoms with Gasteiger partial charge >= 0.3 is 0 Å². The van der Waals surface area contributed by atoms with Crippen molar-refractivity contribution in [2.75, 3.05) is 19.8 Å². The highest BCUT2D eigenvalue weighted by Gasteiger charge is 2.16. The van der Waals surface area contributed by atoms with Crippen LogP contribution in [0, 0.1) is 6.92 Å². The van der Waals surface area contributed by atoms with E-state index in [0.29, 0.717) is 19.8 Å². The lowest BCUT2D eigenvalue weighted by atomic mass is 10.0. The predicted octanol–water partition coefficient (Wildman–Crippen LogP) is 1.66. The molecule has 5 heteroatoms. The third-order valence-electron chi connectivity index (χ3n) is 3.23. The quantitative estimate of drug-likeness (QED) is 0.879. The number of hydrogen-bond acceptors (Lipinski definition) is 4. The maximum Gasteiger partial charge on any atom is 0.161 e. The summed E-state index contributed by atoms with van der Waals surface area (Å²) >= 11 is 0. The Morgan fingerprint density at radius 1 is 1.26 bits per heavy atom. The van der Waals surface area contributed by atoms with Crippen molar-refractivity contribution in [3.05, 3.63) is 29.6 Å². The second-order valence-corrected chi connectivity index (χ2v) is 4.57. The summed E-state index contributed by atoms with van der Waals surface area (Å²) in [6.45, 7) is 3.80. The molecule has 2 heterocycles. The van der Waals surface area contributed by atoms with Crippen LogP contribution in [-0.4, -0.2) is 30.0 Å². The summed E-state index contributed by atoms with van der Waals surface area (Å²) in [5.41, 5.74) is 9.86. The Kier molecular flexibility index (Phi) is 3.13. The third-order valence-corrected chi connectivity index (χ3v) is 3.23. The normalized spacial score (nSPS) is 13.6. The number of fused-ring (bicyclic) bond motifs is 1. The Morgan fingerprint density at radius 2 is 2.05 bits per heavy atom. The van der Waals surface area contributed by atoms with E-state index in [9.17, 15) is 0 Å². The maximum atomic E-state index is 5.63. The topological polar surface area (TPSA) is 73.2 Å². The van der Waals surface area contributed by atoms with Gasteiger partial charge in [-0.25, -0.2) is 0 Å². The third kappa shape index (κ3) is 2.17. The molecule has 0 aliphatic carbocycles. The van der Waals surface area contributed by atoms with Crippen molar-refractivity contribution in [1.29, 1.82) is 0 Å². The van der Waals surface area contributed by atoms with E-state index in [-0.39, 0.29) is 0 Å². The zero-order chi connectivity index (χ0) is 13.2. The van der Waals surface area contributed by atoms with E-state index in [4.69, 9.17) is 15.2 Å². The van der Waals surface area contributed by atoms with Crippen molar-refractivity contribution in [2.24, 2.45) is 5.73 Å². The highest BCUT2D eigenvalue weighted by Crippen LogP contribution is 2.36. The molecule has 19 heavy (non-hydrogen) atoms. The van der Waals surface area contributed by atoms with E-state index in [0.717, 1.165) is 40.4 Å². The Labute approximate surface area is 111 Å². The predicted molar refractivity (Wildman–Crippen MR) is 72.5 cm³/mol. The first kappa shape index (κ1) is 12.0. The van der Waals surface area contributed by atoms with Gasteiger partial charge in [0.25, 0.3) is 0 Å². The summed E-state index contributed by atoms with van der Waals surface area (Å²) in [6.07, 6.45) is 0.758. The number of aryl methyl sites for hydroxylation is 1. The van der Waals surface area contributed by atoms with Crippen LogP contribution < -0.4 is 15.2 Å². The number of nitrogens with two attached hydrogens (primary N) is 1. The lowest BCUT2D eigenvalue weighted by molar-refractivity contribution is 0.171. The van der Waals surface area contributed by atoms with Gasteiger partial charge in [0.2, 0.25) is 0 Å². The Hall–Kier alpha value is -2.01. The average molecular weight is 259 g/mol. The molecule has 0 saturated heterocycles. The molecule has 0 amide bonds. The van der Waals surface area contributed by atoms with Crippen molar-refractivity contribution in [1.82, 2.24) is 10.2 Å². The molecule has 0 bridgehead atoms. The van der Waals surface area contributed by atoms with E-state index >= 15 is 0 Å². The molecule has 1 aromatic carbocycles. The molecule has 0 atom stereocenters. The number of rotatable bonds is 3. The molecular weight excluding hydrogens is 242 g/mol. The molecule has 1 aliphatic rings. The zero-order valence-corrected chi connectivity index (χ0v) is 10.9. The molecule has 3 rings (SSSR count). The molecule has 0 fully saturated rings. The van der Waals surface area contributed by atoms with E-state index in [1.165, 1.54) is 0 Å². The zero-order valence-electron chi connectivity index (χ0n) is 10.9. The molecule has 1 aromatic heterocycles. The average Bonchev–Trinajstić information content (AvgIpc) is 2.80. The van der Waals surface area contributed by atoms with Crippen LogP contribution >= 0.6 is 0 Å². The minimum Gasteiger partial charge on any atom is -0.486 e. The fourth-order valence-corrected chi connectivity index (χ4v) is 2.38. The van der Waals surface area contributed by atoms with Crippen LogP contribution in [-0.2, 0) is 6.42 Å². The second-order valence-electron chi connectivity index (χ2n) is 4.57. The minimum absolute atomic E-state index is 0.585. The van der Waals surface area contributed by atoms with Crippen LogP contribution in [0.3, 0.4) is 0 Å². The number of nitrogens with zero attached hydrogens (tertiary/aromatic N) is 1. The van der Waals surface area contributed by atoms with E-state index in [1.807, 2.05) is 25.1 Å². The highest BCUT2D eigenvalue weighted by atomic mass is 16.6. The van der Waals surface area contributed by atoms with Crippen molar-refractivity contribution >= 4 is 0 Å². The number of benzene rings is 1. The van der Waals surface area contributed by atoms with Crippen molar-refractivity contribution in [3.63, 3.8) is 0 Å². The molecule has 100 valence electrons. The smallest absolute Gasteiger partial charge is 0.161 e. The van der Waals surface area contributed by atoms with Crippen LogP contribution in [0.1, 0.15) is 11.4 Å². The van der Waals surface area contributed by atoms with Gasteiger partial charge in [0.05, 0.1) is 5.69 Å². The first-order chi connectivity index (χ1) is 9.29. The largest absolute Gasteiger partial charge is 0.486 e. The monoisotopic (exact) mass is 259 g/mol. The first-order valence-corrected chi connectivity index (χ1v) is 6.43. The van der Waals surface area contributed by atoms with Gasteiger partial charge in [-0.15, -0.1) is 0 Å². The molecule has 2 aromatic rings.